The molecule has 1 aliphatic rings. The van der Waals surface area contributed by atoms with Gasteiger partial charge in [0.2, 0.25) is 5.91 Å². The molecule has 1 aromatic rings. The summed E-state index contributed by atoms with van der Waals surface area (Å²) in [5.74, 6) is -1.88. The lowest BCUT2D eigenvalue weighted by atomic mass is 10.1. The number of hydrogen-bond acceptors (Lipinski definition) is 4. The Morgan fingerprint density at radius 1 is 1.24 bits per heavy atom. The average molecular weight is 348 g/mol. The van der Waals surface area contributed by atoms with Crippen molar-refractivity contribution in [1.29, 1.82) is 0 Å². The highest BCUT2D eigenvalue weighted by molar-refractivity contribution is 5.97. The van der Waals surface area contributed by atoms with E-state index in [0.29, 0.717) is 24.9 Å². The van der Waals surface area contributed by atoms with E-state index in [4.69, 9.17) is 4.84 Å². The maximum absolute atomic E-state index is 12.8. The topological polar surface area (TPSA) is 87.2 Å². The van der Waals surface area contributed by atoms with Crippen LogP contribution in [0.5, 0.6) is 0 Å². The number of likely N-dealkylation sites (tertiary alicyclic amines) is 1. The zero-order valence-electron chi connectivity index (χ0n) is 15.0. The lowest BCUT2D eigenvalue weighted by Crippen LogP contribution is -2.51. The van der Waals surface area contributed by atoms with Crippen molar-refractivity contribution in [2.75, 3.05) is 13.7 Å². The number of hydrogen-bond donors (Lipinski definition) is 1. The molecule has 1 fully saturated rings. The van der Waals surface area contributed by atoms with Crippen LogP contribution in [0.25, 0.3) is 0 Å². The molecule has 25 heavy (non-hydrogen) atoms. The molecule has 1 aliphatic heterocycles. The Labute approximate surface area is 147 Å². The van der Waals surface area contributed by atoms with Gasteiger partial charge in [-0.05, 0) is 45.7 Å². The second-order valence-corrected chi connectivity index (χ2v) is 6.39. The van der Waals surface area contributed by atoms with Gasteiger partial charge in [0.05, 0.1) is 7.11 Å². The number of carbonyl (C=O) groups excluding carboxylic acids is 2. The van der Waals surface area contributed by atoms with Crippen LogP contribution in [0.1, 0.15) is 41.3 Å². The Bertz CT molecular complexity index is 668. The Morgan fingerprint density at radius 3 is 2.36 bits per heavy atom. The molecule has 1 N–H and O–H groups in total. The molecule has 0 bridgehead atoms. The van der Waals surface area contributed by atoms with Crippen LogP contribution >= 0.6 is 0 Å². The van der Waals surface area contributed by atoms with Gasteiger partial charge in [0.25, 0.3) is 5.91 Å². The number of nitrogens with zero attached hydrogens (tertiary/aromatic N) is 2. The van der Waals surface area contributed by atoms with Crippen LogP contribution in [0.3, 0.4) is 0 Å². The molecular formula is C18H24N2O5. The van der Waals surface area contributed by atoms with Crippen molar-refractivity contribution in [2.45, 2.75) is 45.7 Å². The number of carbonyl (C=O) groups is 3. The summed E-state index contributed by atoms with van der Waals surface area (Å²) in [7, 11) is 1.32. The molecule has 0 spiro atoms. The molecule has 0 saturated carbocycles. The summed E-state index contributed by atoms with van der Waals surface area (Å²) in [5.41, 5.74) is 2.29. The number of carboxylic acid groups (broad SMARTS) is 1. The fourth-order valence-corrected chi connectivity index (χ4v) is 3.27. The van der Waals surface area contributed by atoms with Gasteiger partial charge in [0.15, 0.2) is 0 Å². The second kappa shape index (κ2) is 7.65. The fourth-order valence-electron chi connectivity index (χ4n) is 3.27. The van der Waals surface area contributed by atoms with Crippen LogP contribution in [-0.2, 0) is 14.4 Å². The lowest BCUT2D eigenvalue weighted by Gasteiger charge is -2.31. The molecule has 136 valence electrons. The van der Waals surface area contributed by atoms with E-state index in [9.17, 15) is 19.5 Å². The minimum Gasteiger partial charge on any atom is -0.480 e. The van der Waals surface area contributed by atoms with E-state index in [1.807, 2.05) is 19.9 Å². The first kappa shape index (κ1) is 18.9. The first-order chi connectivity index (χ1) is 11.8. The van der Waals surface area contributed by atoms with E-state index in [1.54, 1.807) is 19.1 Å². The fraction of sp³-hybridized carbons (Fsp3) is 0.500. The monoisotopic (exact) mass is 348 g/mol. The van der Waals surface area contributed by atoms with Crippen molar-refractivity contribution in [3.05, 3.63) is 34.9 Å². The van der Waals surface area contributed by atoms with E-state index >= 15 is 0 Å². The van der Waals surface area contributed by atoms with Crippen molar-refractivity contribution >= 4 is 17.8 Å². The summed E-state index contributed by atoms with van der Waals surface area (Å²) in [5, 5.41) is 10.3. The van der Waals surface area contributed by atoms with Crippen LogP contribution in [0, 0.1) is 13.8 Å². The summed E-state index contributed by atoms with van der Waals surface area (Å²) in [6, 6.07) is 3.65. The molecule has 2 unspecified atom stereocenters. The molecule has 0 aromatic heterocycles. The van der Waals surface area contributed by atoms with Gasteiger partial charge in [-0.15, -0.1) is 0 Å². The van der Waals surface area contributed by atoms with Crippen molar-refractivity contribution < 1.29 is 24.3 Å². The van der Waals surface area contributed by atoms with Gasteiger partial charge < -0.3 is 10.0 Å². The van der Waals surface area contributed by atoms with Gasteiger partial charge in [0.1, 0.15) is 12.1 Å². The van der Waals surface area contributed by atoms with Gasteiger partial charge in [-0.3, -0.25) is 14.4 Å². The zero-order chi connectivity index (χ0) is 18.7. The largest absolute Gasteiger partial charge is 0.480 e. The Hall–Kier alpha value is -2.41. The Morgan fingerprint density at radius 2 is 1.84 bits per heavy atom. The standard InChI is InChI=1S/C18H24N2O5/c1-11-8-12(2)10-14(9-11)17(22)20(25-4)13(3)16(21)19-7-5-6-15(19)18(23)24/h8-10,13,15H,5-7H2,1-4H3,(H,23,24). The van der Waals surface area contributed by atoms with Crippen molar-refractivity contribution in [2.24, 2.45) is 0 Å². The number of carboxylic acids is 1. The Balaban J connectivity index is 2.22. The summed E-state index contributed by atoms with van der Waals surface area (Å²) in [6.07, 6.45) is 1.05. The summed E-state index contributed by atoms with van der Waals surface area (Å²) < 4.78 is 0. The molecule has 1 heterocycles. The summed E-state index contributed by atoms with van der Waals surface area (Å²) in [6.45, 7) is 5.69. The van der Waals surface area contributed by atoms with E-state index in [1.165, 1.54) is 12.0 Å². The highest BCUT2D eigenvalue weighted by Crippen LogP contribution is 2.21. The number of hydroxylamine groups is 2. The van der Waals surface area contributed by atoms with E-state index in [2.05, 4.69) is 0 Å². The molecular weight excluding hydrogens is 324 g/mol. The van der Waals surface area contributed by atoms with E-state index in [0.717, 1.165) is 16.2 Å². The number of aliphatic carboxylic acids is 1. The number of amides is 2. The quantitative estimate of drug-likeness (QED) is 0.820. The smallest absolute Gasteiger partial charge is 0.326 e. The molecule has 0 aliphatic carbocycles. The van der Waals surface area contributed by atoms with Crippen LogP contribution in [0.4, 0.5) is 0 Å². The van der Waals surface area contributed by atoms with Crippen LogP contribution < -0.4 is 0 Å². The number of rotatable bonds is 5. The lowest BCUT2D eigenvalue weighted by molar-refractivity contribution is -0.163. The van der Waals surface area contributed by atoms with Gasteiger partial charge in [-0.25, -0.2) is 9.86 Å². The maximum Gasteiger partial charge on any atom is 0.326 e. The van der Waals surface area contributed by atoms with Crippen LogP contribution in [0.2, 0.25) is 0 Å². The SMILES string of the molecule is CON(C(=O)c1cc(C)cc(C)c1)C(C)C(=O)N1CCCC1C(=O)O. The third-order valence-corrected chi connectivity index (χ3v) is 4.40. The molecule has 1 saturated heterocycles. The average Bonchev–Trinajstić information content (AvgIpc) is 3.03. The highest BCUT2D eigenvalue weighted by Gasteiger charge is 2.39. The first-order valence-corrected chi connectivity index (χ1v) is 8.25. The van der Waals surface area contributed by atoms with Gasteiger partial charge in [0, 0.05) is 12.1 Å². The maximum atomic E-state index is 12.8. The van der Waals surface area contributed by atoms with Crippen LogP contribution in [-0.4, -0.2) is 58.6 Å². The van der Waals surface area contributed by atoms with E-state index in [-0.39, 0.29) is 0 Å². The van der Waals surface area contributed by atoms with Gasteiger partial charge in [-0.2, -0.15) is 0 Å². The summed E-state index contributed by atoms with van der Waals surface area (Å²) in [4.78, 5) is 43.3. The molecule has 2 rings (SSSR count). The minimum absolute atomic E-state index is 0.370. The van der Waals surface area contributed by atoms with Crippen molar-refractivity contribution in [1.82, 2.24) is 9.96 Å². The van der Waals surface area contributed by atoms with E-state index < -0.39 is 29.9 Å². The molecule has 7 nitrogen and oxygen atoms in total. The molecule has 7 heteroatoms. The van der Waals surface area contributed by atoms with Gasteiger partial charge >= 0.3 is 5.97 Å². The van der Waals surface area contributed by atoms with Crippen molar-refractivity contribution in [3.8, 4) is 0 Å². The normalized spacial score (nSPS) is 18.1. The molecule has 2 amide bonds. The number of benzene rings is 1. The predicted molar refractivity (Wildman–Crippen MR) is 90.9 cm³/mol. The Kier molecular flexibility index (Phi) is 5.79. The summed E-state index contributed by atoms with van der Waals surface area (Å²) >= 11 is 0. The third-order valence-electron chi connectivity index (χ3n) is 4.40. The molecule has 0 radical (unpaired) electrons. The number of aryl methyl sites for hydroxylation is 2. The first-order valence-electron chi connectivity index (χ1n) is 8.25. The molecule has 1 aromatic carbocycles. The predicted octanol–water partition coefficient (Wildman–Crippen LogP) is 1.77. The minimum atomic E-state index is -1.03. The highest BCUT2D eigenvalue weighted by atomic mass is 16.7. The zero-order valence-corrected chi connectivity index (χ0v) is 15.0. The van der Waals surface area contributed by atoms with Crippen LogP contribution in [0.15, 0.2) is 18.2 Å². The third kappa shape index (κ3) is 3.99. The van der Waals surface area contributed by atoms with Crippen molar-refractivity contribution in [3.63, 3.8) is 0 Å². The second-order valence-electron chi connectivity index (χ2n) is 6.39. The molecule has 2 atom stereocenters. The van der Waals surface area contributed by atoms with Gasteiger partial charge in [-0.1, -0.05) is 17.2 Å².